The molecule has 4 rings (SSSR count). The third-order valence-electron chi connectivity index (χ3n) is 4.88. The molecule has 1 amide bonds. The molecule has 0 radical (unpaired) electrons. The molecule has 1 aliphatic rings. The van der Waals surface area contributed by atoms with Gasteiger partial charge in [0.2, 0.25) is 5.95 Å². The van der Waals surface area contributed by atoms with E-state index < -0.39 is 5.82 Å². The highest BCUT2D eigenvalue weighted by Gasteiger charge is 2.28. The molecule has 6 nitrogen and oxygen atoms in total. The summed E-state index contributed by atoms with van der Waals surface area (Å²) in [5, 5.41) is 4.27. The highest BCUT2D eigenvalue weighted by atomic mass is 19.1. The van der Waals surface area contributed by atoms with Crippen molar-refractivity contribution >= 4 is 28.4 Å². The summed E-state index contributed by atoms with van der Waals surface area (Å²) in [6, 6.07) is 10.7. The van der Waals surface area contributed by atoms with Crippen LogP contribution in [0.2, 0.25) is 0 Å². The number of hydrogen-bond donors (Lipinski definition) is 2. The van der Waals surface area contributed by atoms with E-state index in [0.29, 0.717) is 30.2 Å². The number of carbonyl (C=O) groups excluding carboxylic acids is 1. The second-order valence-electron chi connectivity index (χ2n) is 6.82. The minimum atomic E-state index is -0.559. The number of amides is 1. The zero-order valence-electron chi connectivity index (χ0n) is 14.9. The van der Waals surface area contributed by atoms with Crippen molar-refractivity contribution in [2.45, 2.75) is 19.4 Å². The molecule has 0 saturated carbocycles. The minimum absolute atomic E-state index is 0.0508. The number of aryl methyl sites for hydroxylation is 1. The van der Waals surface area contributed by atoms with Crippen LogP contribution in [-0.4, -0.2) is 39.9 Å². The fraction of sp³-hybridized carbons (Fsp3) is 0.250. The number of para-hydroxylation sites is 1. The summed E-state index contributed by atoms with van der Waals surface area (Å²) in [4.78, 5) is 23.3. The number of halogens is 1. The smallest absolute Gasteiger partial charge is 0.254 e. The quantitative estimate of drug-likeness (QED) is 0.697. The van der Waals surface area contributed by atoms with Gasteiger partial charge in [0.1, 0.15) is 5.82 Å². The number of aromatic nitrogens is 2. The van der Waals surface area contributed by atoms with E-state index in [2.05, 4.69) is 15.3 Å². The average molecular weight is 365 g/mol. The van der Waals surface area contributed by atoms with Gasteiger partial charge in [-0.1, -0.05) is 18.2 Å². The van der Waals surface area contributed by atoms with Gasteiger partial charge in [0, 0.05) is 36.3 Å². The van der Waals surface area contributed by atoms with Crippen molar-refractivity contribution in [1.82, 2.24) is 14.9 Å². The Labute approximate surface area is 156 Å². The van der Waals surface area contributed by atoms with Crippen LogP contribution < -0.4 is 11.1 Å². The molecular weight excluding hydrogens is 345 g/mol. The lowest BCUT2D eigenvalue weighted by Crippen LogP contribution is -2.32. The number of nitrogens with two attached hydrogens (primary N) is 1. The van der Waals surface area contributed by atoms with Crippen LogP contribution in [0.4, 0.5) is 16.0 Å². The number of nitrogens with one attached hydrogen (secondary N) is 1. The second kappa shape index (κ2) is 6.83. The van der Waals surface area contributed by atoms with Crippen LogP contribution in [0.5, 0.6) is 0 Å². The summed E-state index contributed by atoms with van der Waals surface area (Å²) < 4.78 is 13.9. The molecule has 2 aromatic carbocycles. The second-order valence-corrected chi connectivity index (χ2v) is 6.82. The van der Waals surface area contributed by atoms with E-state index >= 15 is 0 Å². The van der Waals surface area contributed by atoms with Gasteiger partial charge in [-0.15, -0.1) is 0 Å². The number of nitrogens with zero attached hydrogens (tertiary/aromatic N) is 3. The Bertz CT molecular complexity index is 999. The summed E-state index contributed by atoms with van der Waals surface area (Å²) in [6.07, 6.45) is 2.56. The monoisotopic (exact) mass is 365 g/mol. The third-order valence-corrected chi connectivity index (χ3v) is 4.88. The van der Waals surface area contributed by atoms with Gasteiger partial charge in [-0.2, -0.15) is 0 Å². The molecule has 27 heavy (non-hydrogen) atoms. The highest BCUT2D eigenvalue weighted by molar-refractivity contribution is 5.95. The summed E-state index contributed by atoms with van der Waals surface area (Å²) in [6.45, 7) is 2.80. The summed E-state index contributed by atoms with van der Waals surface area (Å²) in [5.41, 5.74) is 7.47. The van der Waals surface area contributed by atoms with Gasteiger partial charge < -0.3 is 16.0 Å². The fourth-order valence-corrected chi connectivity index (χ4v) is 3.35. The minimum Gasteiger partial charge on any atom is -0.396 e. The Morgan fingerprint density at radius 1 is 1.33 bits per heavy atom. The molecule has 3 N–H and O–H groups in total. The fourth-order valence-electron chi connectivity index (χ4n) is 3.35. The number of likely N-dealkylation sites (tertiary alicyclic amines) is 1. The first-order valence-electron chi connectivity index (χ1n) is 8.84. The SMILES string of the molecule is Cc1cc(C(=O)N2CC[C@H](Nc3ncc4ccccc4n3)C2)cc(F)c1N. The van der Waals surface area contributed by atoms with E-state index in [0.717, 1.165) is 17.3 Å². The Morgan fingerprint density at radius 3 is 2.96 bits per heavy atom. The Hall–Kier alpha value is -3.22. The zero-order valence-corrected chi connectivity index (χ0v) is 14.9. The number of rotatable bonds is 3. The van der Waals surface area contributed by atoms with Gasteiger partial charge in [0.25, 0.3) is 5.91 Å². The molecule has 3 aromatic rings. The predicted octanol–water partition coefficient (Wildman–Crippen LogP) is 2.99. The van der Waals surface area contributed by atoms with Crippen molar-refractivity contribution in [3.63, 3.8) is 0 Å². The van der Waals surface area contributed by atoms with Crippen LogP contribution in [0.25, 0.3) is 10.9 Å². The Morgan fingerprint density at radius 2 is 2.15 bits per heavy atom. The van der Waals surface area contributed by atoms with Gasteiger partial charge in [0.15, 0.2) is 0 Å². The van der Waals surface area contributed by atoms with E-state index in [1.807, 2.05) is 24.3 Å². The van der Waals surface area contributed by atoms with Crippen molar-refractivity contribution in [3.05, 3.63) is 59.5 Å². The first kappa shape index (κ1) is 17.2. The van der Waals surface area contributed by atoms with Crippen molar-refractivity contribution < 1.29 is 9.18 Å². The predicted molar refractivity (Wildman–Crippen MR) is 103 cm³/mol. The van der Waals surface area contributed by atoms with Crippen molar-refractivity contribution in [2.24, 2.45) is 0 Å². The zero-order chi connectivity index (χ0) is 19.0. The molecule has 0 bridgehead atoms. The van der Waals surface area contributed by atoms with Crippen LogP contribution in [0.3, 0.4) is 0 Å². The number of fused-ring (bicyclic) bond motifs is 1. The number of nitrogen functional groups attached to an aromatic ring is 1. The lowest BCUT2D eigenvalue weighted by Gasteiger charge is -2.18. The van der Waals surface area contributed by atoms with Gasteiger partial charge in [0.05, 0.1) is 11.2 Å². The van der Waals surface area contributed by atoms with Crippen molar-refractivity contribution in [2.75, 3.05) is 24.1 Å². The molecule has 1 aromatic heterocycles. The molecular formula is C20H20FN5O. The van der Waals surface area contributed by atoms with E-state index in [9.17, 15) is 9.18 Å². The molecule has 0 aliphatic carbocycles. The third kappa shape index (κ3) is 3.40. The summed E-state index contributed by atoms with van der Waals surface area (Å²) in [7, 11) is 0. The summed E-state index contributed by atoms with van der Waals surface area (Å²) >= 11 is 0. The molecule has 0 spiro atoms. The van der Waals surface area contributed by atoms with Crippen LogP contribution in [0.1, 0.15) is 22.3 Å². The van der Waals surface area contributed by atoms with Crippen LogP contribution in [0.15, 0.2) is 42.6 Å². The first-order valence-corrected chi connectivity index (χ1v) is 8.84. The van der Waals surface area contributed by atoms with Crippen molar-refractivity contribution in [1.29, 1.82) is 0 Å². The van der Waals surface area contributed by atoms with Crippen molar-refractivity contribution in [3.8, 4) is 0 Å². The van der Waals surface area contributed by atoms with Gasteiger partial charge in [-0.05, 0) is 37.1 Å². The van der Waals surface area contributed by atoms with Crippen LogP contribution in [-0.2, 0) is 0 Å². The van der Waals surface area contributed by atoms with Crippen LogP contribution in [0, 0.1) is 12.7 Å². The normalized spacial score (nSPS) is 16.7. The molecule has 2 heterocycles. The lowest BCUT2D eigenvalue weighted by atomic mass is 10.1. The van der Waals surface area contributed by atoms with E-state index in [-0.39, 0.29) is 17.6 Å². The highest BCUT2D eigenvalue weighted by Crippen LogP contribution is 2.22. The molecule has 1 atom stereocenters. The number of anilines is 2. The van der Waals surface area contributed by atoms with E-state index in [1.54, 1.807) is 24.1 Å². The largest absolute Gasteiger partial charge is 0.396 e. The molecule has 1 saturated heterocycles. The van der Waals surface area contributed by atoms with Crippen LogP contribution >= 0.6 is 0 Å². The molecule has 7 heteroatoms. The molecule has 1 aliphatic heterocycles. The van der Waals surface area contributed by atoms with Gasteiger partial charge in [-0.3, -0.25) is 4.79 Å². The number of benzene rings is 2. The first-order chi connectivity index (χ1) is 13.0. The number of hydrogen-bond acceptors (Lipinski definition) is 5. The van der Waals surface area contributed by atoms with E-state index in [4.69, 9.17) is 5.73 Å². The maximum Gasteiger partial charge on any atom is 0.254 e. The van der Waals surface area contributed by atoms with Gasteiger partial charge in [-0.25, -0.2) is 14.4 Å². The Balaban J connectivity index is 1.45. The lowest BCUT2D eigenvalue weighted by molar-refractivity contribution is 0.0791. The average Bonchev–Trinajstić information content (AvgIpc) is 3.13. The maximum absolute atomic E-state index is 13.9. The number of carbonyl (C=O) groups is 1. The topological polar surface area (TPSA) is 84.1 Å². The molecule has 1 fully saturated rings. The summed E-state index contributed by atoms with van der Waals surface area (Å²) in [5.74, 6) is -0.208. The maximum atomic E-state index is 13.9. The Kier molecular flexibility index (Phi) is 4.35. The molecule has 0 unspecified atom stereocenters. The van der Waals surface area contributed by atoms with Gasteiger partial charge >= 0.3 is 0 Å². The van der Waals surface area contributed by atoms with E-state index in [1.165, 1.54) is 6.07 Å². The molecule has 138 valence electrons. The standard InChI is InChI=1S/C20H20FN5O/c1-12-8-14(9-16(21)18(12)22)19(27)26-7-6-15(11-26)24-20-23-10-13-4-2-3-5-17(13)25-20/h2-5,8-10,15H,6-7,11,22H2,1H3,(H,23,24,25)/t15-/m0/s1.